The molecule has 2 aromatic heterocycles. The van der Waals surface area contributed by atoms with Crippen molar-refractivity contribution in [1.29, 1.82) is 0 Å². The predicted octanol–water partition coefficient (Wildman–Crippen LogP) is 0.475. The molecule has 0 radical (unpaired) electrons. The van der Waals surface area contributed by atoms with Crippen LogP contribution in [0, 0.1) is 6.92 Å². The molecule has 2 aromatic carbocycles. The number of carbonyl (C=O) groups is 1. The number of nitrogens with zero attached hydrogens (tertiary/aromatic N) is 3. The molecule has 0 unspecified atom stereocenters. The van der Waals surface area contributed by atoms with Crippen LogP contribution in [0.3, 0.4) is 0 Å². The smallest absolute Gasteiger partial charge is 0.340 e. The Labute approximate surface area is 172 Å². The highest BCUT2D eigenvalue weighted by molar-refractivity contribution is 5.96. The van der Waals surface area contributed by atoms with Gasteiger partial charge in [0.05, 0.1) is 28.8 Å². The number of benzene rings is 2. The molecule has 0 aliphatic carbocycles. The predicted molar refractivity (Wildman–Crippen MR) is 107 cm³/mol. The summed E-state index contributed by atoms with van der Waals surface area (Å²) < 4.78 is 6.54. The van der Waals surface area contributed by atoms with Gasteiger partial charge < -0.3 is 22.5 Å². The van der Waals surface area contributed by atoms with Crippen LogP contribution in [0.1, 0.15) is 22.8 Å². The van der Waals surface area contributed by atoms with Crippen LogP contribution in [0.25, 0.3) is 16.7 Å². The summed E-state index contributed by atoms with van der Waals surface area (Å²) in [6.45, 7) is 3.89. The molecule has 0 saturated heterocycles. The number of aryl methyl sites for hydroxylation is 1. The standard InChI is InChI=1S/C21H18N4O3.ClH/c1-3-28-20(27)15-9-5-7-11-17(15)22-18-13(2)12-25-19(26)14-8-4-6-10-16(14)23-21(25)24-18;/h4-12H,3H2,1-2H3,(H,22,23,24);1H/p-1. The lowest BCUT2D eigenvalue weighted by atomic mass is 10.1. The highest BCUT2D eigenvalue weighted by atomic mass is 35.5. The largest absolute Gasteiger partial charge is 1.00 e. The van der Waals surface area contributed by atoms with Crippen LogP contribution in [-0.2, 0) is 4.74 Å². The van der Waals surface area contributed by atoms with E-state index in [0.717, 1.165) is 5.56 Å². The molecule has 4 aromatic rings. The molecule has 0 fully saturated rings. The van der Waals surface area contributed by atoms with Gasteiger partial charge in [-0.25, -0.2) is 9.78 Å². The molecule has 0 amide bonds. The molecule has 7 nitrogen and oxygen atoms in total. The molecule has 0 aliphatic rings. The third-order valence-corrected chi connectivity index (χ3v) is 4.37. The lowest BCUT2D eigenvalue weighted by Gasteiger charge is -2.13. The van der Waals surface area contributed by atoms with Crippen LogP contribution in [0.15, 0.2) is 59.5 Å². The molecule has 0 aliphatic heterocycles. The number of fused-ring (bicyclic) bond motifs is 2. The van der Waals surface area contributed by atoms with Gasteiger partial charge in [0.2, 0.25) is 5.78 Å². The van der Waals surface area contributed by atoms with Crippen LogP contribution in [-0.4, -0.2) is 26.9 Å². The zero-order valence-electron chi connectivity index (χ0n) is 15.8. The van der Waals surface area contributed by atoms with E-state index in [4.69, 9.17) is 4.74 Å². The minimum absolute atomic E-state index is 0. The van der Waals surface area contributed by atoms with E-state index in [1.54, 1.807) is 49.5 Å². The number of aromatic nitrogens is 3. The number of esters is 1. The number of para-hydroxylation sites is 2. The molecule has 2 heterocycles. The second-order valence-electron chi connectivity index (χ2n) is 6.27. The number of ether oxygens (including phenoxy) is 1. The Morgan fingerprint density at radius 1 is 1.10 bits per heavy atom. The summed E-state index contributed by atoms with van der Waals surface area (Å²) in [7, 11) is 0. The molecule has 0 saturated carbocycles. The fraction of sp³-hybridized carbons (Fsp3) is 0.143. The second kappa shape index (κ2) is 8.28. The zero-order chi connectivity index (χ0) is 19.7. The molecular weight excluding hydrogens is 392 g/mol. The van der Waals surface area contributed by atoms with E-state index in [0.29, 0.717) is 34.6 Å². The number of nitrogens with one attached hydrogen (secondary N) is 1. The highest BCUT2D eigenvalue weighted by Gasteiger charge is 2.14. The van der Waals surface area contributed by atoms with E-state index in [2.05, 4.69) is 15.3 Å². The lowest BCUT2D eigenvalue weighted by molar-refractivity contribution is -0.0000240. The fourth-order valence-corrected chi connectivity index (χ4v) is 3.01. The fourth-order valence-electron chi connectivity index (χ4n) is 3.01. The summed E-state index contributed by atoms with van der Waals surface area (Å²) in [6.07, 6.45) is 1.69. The van der Waals surface area contributed by atoms with Crippen LogP contribution >= 0.6 is 0 Å². The van der Waals surface area contributed by atoms with E-state index >= 15 is 0 Å². The van der Waals surface area contributed by atoms with Crippen molar-refractivity contribution in [2.24, 2.45) is 0 Å². The SMILES string of the molecule is CCOC(=O)c1ccccc1Nc1nc2nc3ccccc3c(=O)n2cc1C.[Cl-]. The number of rotatable bonds is 4. The van der Waals surface area contributed by atoms with Gasteiger partial charge >= 0.3 is 5.97 Å². The van der Waals surface area contributed by atoms with Crippen molar-refractivity contribution in [3.8, 4) is 0 Å². The maximum absolute atomic E-state index is 12.7. The number of halogens is 1. The molecule has 148 valence electrons. The molecule has 8 heteroatoms. The van der Waals surface area contributed by atoms with Gasteiger partial charge in [-0.2, -0.15) is 4.98 Å². The van der Waals surface area contributed by atoms with Crippen LogP contribution in [0.5, 0.6) is 0 Å². The van der Waals surface area contributed by atoms with Crippen molar-refractivity contribution >= 4 is 34.2 Å². The van der Waals surface area contributed by atoms with Crippen LogP contribution < -0.4 is 23.3 Å². The molecule has 0 spiro atoms. The molecule has 29 heavy (non-hydrogen) atoms. The summed E-state index contributed by atoms with van der Waals surface area (Å²) >= 11 is 0. The van der Waals surface area contributed by atoms with E-state index in [-0.39, 0.29) is 23.7 Å². The van der Waals surface area contributed by atoms with Gasteiger partial charge in [0, 0.05) is 11.8 Å². The summed E-state index contributed by atoms with van der Waals surface area (Å²) in [6, 6.07) is 14.2. The molecular formula is C21H18ClN4O3-. The van der Waals surface area contributed by atoms with E-state index in [1.807, 2.05) is 19.1 Å². The third kappa shape index (κ3) is 3.77. The van der Waals surface area contributed by atoms with Gasteiger partial charge in [0.1, 0.15) is 5.82 Å². The topological polar surface area (TPSA) is 85.6 Å². The van der Waals surface area contributed by atoms with Gasteiger partial charge in [0.25, 0.3) is 5.56 Å². The van der Waals surface area contributed by atoms with Crippen molar-refractivity contribution in [3.05, 3.63) is 76.2 Å². The number of hydrogen-bond acceptors (Lipinski definition) is 6. The first-order valence-corrected chi connectivity index (χ1v) is 8.90. The van der Waals surface area contributed by atoms with Crippen LogP contribution in [0.2, 0.25) is 0 Å². The molecule has 4 rings (SSSR count). The van der Waals surface area contributed by atoms with Crippen molar-refractivity contribution < 1.29 is 21.9 Å². The van der Waals surface area contributed by atoms with Crippen molar-refractivity contribution in [2.75, 3.05) is 11.9 Å². The van der Waals surface area contributed by atoms with Gasteiger partial charge in [-0.3, -0.25) is 9.20 Å². The minimum Gasteiger partial charge on any atom is -1.00 e. The number of carbonyl (C=O) groups excluding carboxylic acids is 1. The summed E-state index contributed by atoms with van der Waals surface area (Å²) in [5, 5.41) is 3.71. The maximum Gasteiger partial charge on any atom is 0.340 e. The Kier molecular flexibility index (Phi) is 5.79. The summed E-state index contributed by atoms with van der Waals surface area (Å²) in [5.74, 6) is 0.383. The number of hydrogen-bond donors (Lipinski definition) is 1. The first kappa shape index (κ1) is 20.3. The lowest BCUT2D eigenvalue weighted by Crippen LogP contribution is -3.00. The van der Waals surface area contributed by atoms with Crippen molar-refractivity contribution in [1.82, 2.24) is 14.4 Å². The molecule has 1 N–H and O–H groups in total. The normalized spacial score (nSPS) is 10.6. The average Bonchev–Trinajstić information content (AvgIpc) is 2.70. The Morgan fingerprint density at radius 2 is 1.83 bits per heavy atom. The Hall–Kier alpha value is -3.45. The third-order valence-electron chi connectivity index (χ3n) is 4.37. The van der Waals surface area contributed by atoms with Crippen molar-refractivity contribution in [2.45, 2.75) is 13.8 Å². The molecule has 0 bridgehead atoms. The summed E-state index contributed by atoms with van der Waals surface area (Å²) in [5.41, 5.74) is 2.14. The summed E-state index contributed by atoms with van der Waals surface area (Å²) in [4.78, 5) is 33.9. The average molecular weight is 410 g/mol. The zero-order valence-corrected chi connectivity index (χ0v) is 16.6. The molecule has 0 atom stereocenters. The van der Waals surface area contributed by atoms with Crippen molar-refractivity contribution in [3.63, 3.8) is 0 Å². The quantitative estimate of drug-likeness (QED) is 0.390. The minimum atomic E-state index is -0.413. The monoisotopic (exact) mass is 409 g/mol. The highest BCUT2D eigenvalue weighted by Crippen LogP contribution is 2.23. The van der Waals surface area contributed by atoms with Gasteiger partial charge in [0.15, 0.2) is 0 Å². The van der Waals surface area contributed by atoms with Gasteiger partial charge in [-0.05, 0) is 38.1 Å². The van der Waals surface area contributed by atoms with E-state index in [1.165, 1.54) is 4.40 Å². The Balaban J connectivity index is 0.00000240. The number of anilines is 2. The van der Waals surface area contributed by atoms with Crippen LogP contribution in [0.4, 0.5) is 11.5 Å². The Bertz CT molecular complexity index is 1270. The Morgan fingerprint density at radius 3 is 2.62 bits per heavy atom. The van der Waals surface area contributed by atoms with E-state index in [9.17, 15) is 9.59 Å². The first-order chi connectivity index (χ1) is 13.6. The van der Waals surface area contributed by atoms with E-state index < -0.39 is 5.97 Å². The first-order valence-electron chi connectivity index (χ1n) is 8.90. The maximum atomic E-state index is 12.7. The second-order valence-corrected chi connectivity index (χ2v) is 6.27. The van der Waals surface area contributed by atoms with Gasteiger partial charge in [-0.15, -0.1) is 0 Å². The van der Waals surface area contributed by atoms with Gasteiger partial charge in [-0.1, -0.05) is 24.3 Å².